The largest absolute Gasteiger partial charge is 0.504 e. The van der Waals surface area contributed by atoms with E-state index < -0.39 is 0 Å². The maximum absolute atomic E-state index is 10.3. The van der Waals surface area contributed by atoms with Crippen LogP contribution in [0.25, 0.3) is 0 Å². The molecular weight excluding hydrogens is 597 g/mol. The van der Waals surface area contributed by atoms with Crippen molar-refractivity contribution in [3.8, 4) is 11.5 Å². The topological polar surface area (TPSA) is 29.5 Å². The fourth-order valence-electron chi connectivity index (χ4n) is 5.76. The van der Waals surface area contributed by atoms with Crippen molar-refractivity contribution < 1.29 is 9.84 Å². The summed E-state index contributed by atoms with van der Waals surface area (Å²) in [5, 5.41) is 10.3. The van der Waals surface area contributed by atoms with Crippen molar-refractivity contribution in [3.05, 3.63) is 117 Å². The number of phenols is 1. The van der Waals surface area contributed by atoms with E-state index in [2.05, 4.69) is 111 Å². The number of hydrogen-bond donors (Lipinski definition) is 1. The normalized spacial score (nSPS) is 14.0. The Labute approximate surface area is 303 Å². The Morgan fingerprint density at radius 1 is 0.469 bits per heavy atom. The number of para-hydroxylation sites is 1. The molecule has 0 amide bonds. The van der Waals surface area contributed by atoms with E-state index in [1.54, 1.807) is 13.2 Å². The Morgan fingerprint density at radius 2 is 0.776 bits per heavy atom. The van der Waals surface area contributed by atoms with Crippen LogP contribution in [-0.2, 0) is 6.42 Å². The van der Waals surface area contributed by atoms with Crippen LogP contribution in [-0.4, -0.2) is 12.2 Å². The van der Waals surface area contributed by atoms with Crippen molar-refractivity contribution in [2.24, 2.45) is 0 Å². The zero-order chi connectivity index (χ0) is 36.4. The Morgan fingerprint density at radius 3 is 1.08 bits per heavy atom. The van der Waals surface area contributed by atoms with E-state index in [0.29, 0.717) is 5.75 Å². The second kappa shape index (κ2) is 26.6. The number of allylic oxidation sites excluding steroid dienone is 16. The Balaban J connectivity index is 2.26. The monoisotopic (exact) mass is 669 g/mol. The SMILES string of the molecule is COc1cccc(CC=C(C)CCC=C(C)CCC=C(C)CCC=C(C)CCC=C(C)CCC=C(C)CCC=C(C)CCC=C(C)C)c1O. The first-order valence-corrected chi connectivity index (χ1v) is 19.0. The van der Waals surface area contributed by atoms with E-state index >= 15 is 0 Å². The summed E-state index contributed by atoms with van der Waals surface area (Å²) in [4.78, 5) is 0. The van der Waals surface area contributed by atoms with Crippen LogP contribution in [0.4, 0.5) is 0 Å². The lowest BCUT2D eigenvalue weighted by molar-refractivity contribution is 0.371. The molecule has 0 aliphatic carbocycles. The summed E-state index contributed by atoms with van der Waals surface area (Å²) >= 11 is 0. The molecule has 0 aromatic heterocycles. The van der Waals surface area contributed by atoms with Gasteiger partial charge in [0, 0.05) is 5.56 Å². The summed E-state index contributed by atoms with van der Waals surface area (Å²) < 4.78 is 5.22. The van der Waals surface area contributed by atoms with Gasteiger partial charge in [0.25, 0.3) is 0 Å². The molecule has 0 heterocycles. The molecule has 1 aromatic rings. The van der Waals surface area contributed by atoms with Gasteiger partial charge in [-0.25, -0.2) is 0 Å². The first kappa shape index (κ1) is 43.8. The average Bonchev–Trinajstić information content (AvgIpc) is 3.04. The summed E-state index contributed by atoms with van der Waals surface area (Å²) in [6.07, 6.45) is 35.8. The van der Waals surface area contributed by atoms with Crippen LogP contribution >= 0.6 is 0 Å². The minimum absolute atomic E-state index is 0.248. The lowest BCUT2D eigenvalue weighted by Gasteiger charge is -2.07. The second-order valence-corrected chi connectivity index (χ2v) is 14.6. The average molecular weight is 669 g/mol. The van der Waals surface area contributed by atoms with E-state index in [1.165, 1.54) is 70.3 Å². The van der Waals surface area contributed by atoms with Crippen LogP contribution < -0.4 is 4.74 Å². The fraction of sp³-hybridized carbons (Fsp3) is 0.532. The molecule has 1 N–H and O–H groups in total. The highest BCUT2D eigenvalue weighted by molar-refractivity contribution is 5.46. The first-order valence-electron chi connectivity index (χ1n) is 19.0. The van der Waals surface area contributed by atoms with Gasteiger partial charge in [0.1, 0.15) is 0 Å². The Hall–Kier alpha value is -3.26. The molecule has 0 aliphatic heterocycles. The molecule has 1 aromatic carbocycles. The van der Waals surface area contributed by atoms with Gasteiger partial charge >= 0.3 is 0 Å². The number of aromatic hydroxyl groups is 1. The Kier molecular flexibility index (Phi) is 23.7. The summed E-state index contributed by atoms with van der Waals surface area (Å²) in [5.41, 5.74) is 12.7. The van der Waals surface area contributed by atoms with Crippen LogP contribution in [0.2, 0.25) is 0 Å². The van der Waals surface area contributed by atoms with E-state index in [-0.39, 0.29) is 5.75 Å². The number of phenolic OH excluding ortho intramolecular Hbond substituents is 1. The van der Waals surface area contributed by atoms with Crippen molar-refractivity contribution in [1.29, 1.82) is 0 Å². The maximum Gasteiger partial charge on any atom is 0.161 e. The van der Waals surface area contributed by atoms with Crippen molar-refractivity contribution in [2.75, 3.05) is 7.11 Å². The van der Waals surface area contributed by atoms with E-state index in [9.17, 15) is 5.11 Å². The van der Waals surface area contributed by atoms with E-state index in [4.69, 9.17) is 4.74 Å². The quantitative estimate of drug-likeness (QED) is 0.111. The third-order valence-electron chi connectivity index (χ3n) is 9.25. The number of ether oxygens (including phenoxy) is 1. The molecular formula is C47H72O2. The fourth-order valence-corrected chi connectivity index (χ4v) is 5.76. The van der Waals surface area contributed by atoms with Crippen molar-refractivity contribution in [1.82, 2.24) is 0 Å². The predicted molar refractivity (Wildman–Crippen MR) is 219 cm³/mol. The molecule has 2 heteroatoms. The van der Waals surface area contributed by atoms with Crippen LogP contribution in [0.3, 0.4) is 0 Å². The molecule has 0 saturated carbocycles. The molecule has 272 valence electrons. The van der Waals surface area contributed by atoms with Crippen molar-refractivity contribution >= 4 is 0 Å². The van der Waals surface area contributed by atoms with Gasteiger partial charge in [-0.3, -0.25) is 0 Å². The van der Waals surface area contributed by atoms with Crippen molar-refractivity contribution in [3.63, 3.8) is 0 Å². The van der Waals surface area contributed by atoms with Crippen LogP contribution in [0.15, 0.2) is 111 Å². The molecule has 1 rings (SSSR count). The molecule has 2 nitrogen and oxygen atoms in total. The molecule has 0 unspecified atom stereocenters. The number of methoxy groups -OCH3 is 1. The molecule has 0 spiro atoms. The highest BCUT2D eigenvalue weighted by atomic mass is 16.5. The van der Waals surface area contributed by atoms with E-state index in [0.717, 1.165) is 76.2 Å². The summed E-state index contributed by atoms with van der Waals surface area (Å²) in [5.74, 6) is 0.783. The first-order chi connectivity index (χ1) is 23.4. The molecule has 0 saturated heterocycles. The minimum Gasteiger partial charge on any atom is -0.504 e. The summed E-state index contributed by atoms with van der Waals surface area (Å²) in [6, 6.07) is 5.67. The smallest absolute Gasteiger partial charge is 0.161 e. The van der Waals surface area contributed by atoms with Gasteiger partial charge in [-0.15, -0.1) is 0 Å². The lowest BCUT2D eigenvalue weighted by Crippen LogP contribution is -1.89. The standard InChI is InChI=1S/C47H72O2/c1-37(2)19-11-20-38(3)21-12-22-39(4)23-13-24-40(5)25-14-26-41(6)27-15-28-42(7)29-16-30-43(8)31-17-32-44(9)35-36-45-33-18-34-46(49-10)47(45)48/h18-19,21,23,25,27,29,31,33-35,48H,11-17,20,22,24,26,28,30,32,36H2,1-10H3. The number of hydrogen-bond acceptors (Lipinski definition) is 2. The Bertz CT molecular complexity index is 1350. The van der Waals surface area contributed by atoms with Crippen molar-refractivity contribution in [2.45, 2.75) is 159 Å². The lowest BCUT2D eigenvalue weighted by atomic mass is 10.0. The van der Waals surface area contributed by atoms with Gasteiger partial charge in [-0.1, -0.05) is 105 Å². The van der Waals surface area contributed by atoms with Gasteiger partial charge in [0.15, 0.2) is 11.5 Å². The maximum atomic E-state index is 10.3. The molecule has 0 radical (unpaired) electrons. The number of benzene rings is 1. The zero-order valence-corrected chi connectivity index (χ0v) is 33.3. The third-order valence-corrected chi connectivity index (χ3v) is 9.25. The molecule has 0 bridgehead atoms. The van der Waals surface area contributed by atoms with E-state index in [1.807, 2.05) is 12.1 Å². The van der Waals surface area contributed by atoms with Gasteiger partial charge in [-0.2, -0.15) is 0 Å². The molecule has 49 heavy (non-hydrogen) atoms. The predicted octanol–water partition coefficient (Wildman–Crippen LogP) is 15.0. The molecule has 0 aliphatic rings. The summed E-state index contributed by atoms with van der Waals surface area (Å²) in [7, 11) is 1.59. The molecule has 0 fully saturated rings. The molecule has 0 atom stereocenters. The van der Waals surface area contributed by atoms with Gasteiger partial charge < -0.3 is 9.84 Å². The number of rotatable bonds is 24. The second-order valence-electron chi connectivity index (χ2n) is 14.6. The van der Waals surface area contributed by atoms with Crippen LogP contribution in [0, 0.1) is 0 Å². The van der Waals surface area contributed by atoms with Crippen LogP contribution in [0.1, 0.15) is 158 Å². The van der Waals surface area contributed by atoms with Crippen LogP contribution in [0.5, 0.6) is 11.5 Å². The van der Waals surface area contributed by atoms with Gasteiger partial charge in [-0.05, 0) is 165 Å². The summed E-state index contributed by atoms with van der Waals surface area (Å²) in [6.45, 7) is 20.2. The van der Waals surface area contributed by atoms with Gasteiger partial charge in [0.05, 0.1) is 7.11 Å². The minimum atomic E-state index is 0.248. The highest BCUT2D eigenvalue weighted by Crippen LogP contribution is 2.30. The zero-order valence-electron chi connectivity index (χ0n) is 33.3. The van der Waals surface area contributed by atoms with Gasteiger partial charge in [0.2, 0.25) is 0 Å². The highest BCUT2D eigenvalue weighted by Gasteiger charge is 2.06. The third kappa shape index (κ3) is 22.9.